The lowest BCUT2D eigenvalue weighted by Crippen LogP contribution is -2.17. The van der Waals surface area contributed by atoms with Crippen LogP contribution in [-0.2, 0) is 9.53 Å². The molecule has 3 heteroatoms. The molecule has 0 aromatic rings. The van der Waals surface area contributed by atoms with Gasteiger partial charge in [-0.25, -0.2) is 0 Å². The van der Waals surface area contributed by atoms with Crippen LogP contribution in [0.25, 0.3) is 0 Å². The van der Waals surface area contributed by atoms with Crippen molar-refractivity contribution in [2.24, 2.45) is 5.92 Å². The predicted molar refractivity (Wildman–Crippen MR) is 129 cm³/mol. The van der Waals surface area contributed by atoms with Crippen LogP contribution >= 0.6 is 0 Å². The fraction of sp³-hybridized carbons (Fsp3) is 0.667. The van der Waals surface area contributed by atoms with Gasteiger partial charge in [0.05, 0.1) is 6.10 Å². The highest BCUT2D eigenvalue weighted by molar-refractivity contribution is 5.66. The Kier molecular flexibility index (Phi) is 16.2. The van der Waals surface area contributed by atoms with E-state index in [9.17, 15) is 9.90 Å². The van der Waals surface area contributed by atoms with Crippen LogP contribution < -0.4 is 0 Å². The Hall–Kier alpha value is -1.61. The molecule has 0 fully saturated rings. The molecule has 2 unspecified atom stereocenters. The van der Waals surface area contributed by atoms with Crippen LogP contribution in [0.5, 0.6) is 0 Å². The van der Waals surface area contributed by atoms with Gasteiger partial charge < -0.3 is 9.84 Å². The number of allylic oxidation sites excluding steroid dienone is 7. The van der Waals surface area contributed by atoms with Crippen LogP contribution in [0.3, 0.4) is 0 Å². The van der Waals surface area contributed by atoms with Gasteiger partial charge in [0, 0.05) is 6.92 Å². The molecule has 0 rings (SSSR count). The highest BCUT2D eigenvalue weighted by Gasteiger charge is 2.13. The van der Waals surface area contributed by atoms with Crippen LogP contribution in [0.4, 0.5) is 0 Å². The van der Waals surface area contributed by atoms with Crippen molar-refractivity contribution in [2.75, 3.05) is 6.61 Å². The summed E-state index contributed by atoms with van der Waals surface area (Å²) < 4.78 is 4.93. The first-order valence-corrected chi connectivity index (χ1v) is 11.5. The summed E-state index contributed by atoms with van der Waals surface area (Å²) >= 11 is 0. The number of carbonyl (C=O) groups excluding carboxylic acids is 1. The summed E-state index contributed by atoms with van der Waals surface area (Å²) in [4.78, 5) is 10.8. The molecule has 0 bridgehead atoms. The molecule has 2 atom stereocenters. The summed E-state index contributed by atoms with van der Waals surface area (Å²) in [5.41, 5.74) is 5.40. The van der Waals surface area contributed by atoms with Crippen LogP contribution in [0.2, 0.25) is 0 Å². The highest BCUT2D eigenvalue weighted by atomic mass is 16.5. The van der Waals surface area contributed by atoms with Gasteiger partial charge in [0.1, 0.15) is 6.61 Å². The molecule has 0 aromatic heterocycles. The molecule has 0 saturated heterocycles. The van der Waals surface area contributed by atoms with Gasteiger partial charge in [-0.2, -0.15) is 0 Å². The fourth-order valence-electron chi connectivity index (χ4n) is 3.19. The molecule has 0 aliphatic heterocycles. The van der Waals surface area contributed by atoms with Crippen molar-refractivity contribution in [3.8, 4) is 0 Å². The van der Waals surface area contributed by atoms with Crippen molar-refractivity contribution in [2.45, 2.75) is 106 Å². The number of carbonyl (C=O) groups is 1. The Bertz CT molecular complexity index is 604. The van der Waals surface area contributed by atoms with Crippen LogP contribution in [-0.4, -0.2) is 23.8 Å². The van der Waals surface area contributed by atoms with Gasteiger partial charge >= 0.3 is 5.97 Å². The highest BCUT2D eigenvalue weighted by Crippen LogP contribution is 2.19. The van der Waals surface area contributed by atoms with E-state index in [4.69, 9.17) is 4.74 Å². The smallest absolute Gasteiger partial charge is 0.302 e. The number of rotatable bonds is 15. The zero-order valence-corrected chi connectivity index (χ0v) is 20.6. The molecule has 0 heterocycles. The molecule has 30 heavy (non-hydrogen) atoms. The number of aliphatic hydroxyl groups excluding tert-OH is 1. The van der Waals surface area contributed by atoms with E-state index < -0.39 is 0 Å². The molecular weight excluding hydrogens is 372 g/mol. The van der Waals surface area contributed by atoms with Gasteiger partial charge in [-0.05, 0) is 98.0 Å². The molecule has 0 amide bonds. The maximum Gasteiger partial charge on any atom is 0.302 e. The first-order chi connectivity index (χ1) is 14.1. The number of esters is 1. The van der Waals surface area contributed by atoms with E-state index in [2.05, 4.69) is 59.8 Å². The van der Waals surface area contributed by atoms with Gasteiger partial charge in [0.15, 0.2) is 0 Å². The Labute approximate surface area is 186 Å². The monoisotopic (exact) mass is 418 g/mol. The van der Waals surface area contributed by atoms with Crippen molar-refractivity contribution < 1.29 is 14.6 Å². The largest absolute Gasteiger partial charge is 0.462 e. The number of aliphatic hydroxyl groups is 1. The maximum absolute atomic E-state index is 10.8. The Morgan fingerprint density at radius 1 is 0.767 bits per heavy atom. The lowest BCUT2D eigenvalue weighted by Gasteiger charge is -2.18. The lowest BCUT2D eigenvalue weighted by atomic mass is 9.93. The molecule has 3 nitrogen and oxygen atoms in total. The Morgan fingerprint density at radius 2 is 1.30 bits per heavy atom. The molecule has 0 spiro atoms. The van der Waals surface area contributed by atoms with Crippen molar-refractivity contribution in [1.29, 1.82) is 0 Å². The summed E-state index contributed by atoms with van der Waals surface area (Å²) in [6.45, 7) is 14.7. The second kappa shape index (κ2) is 17.1. The number of ether oxygens (including phenoxy) is 1. The van der Waals surface area contributed by atoms with E-state index in [-0.39, 0.29) is 12.1 Å². The number of hydrogen-bond donors (Lipinski definition) is 1. The van der Waals surface area contributed by atoms with Gasteiger partial charge in [-0.3, -0.25) is 4.79 Å². The van der Waals surface area contributed by atoms with Crippen molar-refractivity contribution in [3.05, 3.63) is 46.6 Å². The third kappa shape index (κ3) is 17.3. The van der Waals surface area contributed by atoms with E-state index in [0.29, 0.717) is 12.5 Å². The van der Waals surface area contributed by atoms with Crippen molar-refractivity contribution in [1.82, 2.24) is 0 Å². The van der Waals surface area contributed by atoms with Gasteiger partial charge in [-0.1, -0.05) is 47.4 Å². The number of hydrogen-bond acceptors (Lipinski definition) is 3. The minimum absolute atomic E-state index is 0.238. The van der Waals surface area contributed by atoms with Crippen LogP contribution in [0.15, 0.2) is 46.6 Å². The molecule has 0 radical (unpaired) electrons. The summed E-state index contributed by atoms with van der Waals surface area (Å²) in [5.74, 6) is 0.0827. The zero-order valence-electron chi connectivity index (χ0n) is 20.6. The topological polar surface area (TPSA) is 46.5 Å². The van der Waals surface area contributed by atoms with Gasteiger partial charge in [-0.15, -0.1) is 0 Å². The van der Waals surface area contributed by atoms with E-state index in [1.54, 1.807) is 0 Å². The minimum atomic E-state index is -0.242. The summed E-state index contributed by atoms with van der Waals surface area (Å²) in [6, 6.07) is 0. The van der Waals surface area contributed by atoms with Crippen molar-refractivity contribution in [3.63, 3.8) is 0 Å². The average molecular weight is 419 g/mol. The summed E-state index contributed by atoms with van der Waals surface area (Å²) in [5, 5.41) is 10.5. The first-order valence-electron chi connectivity index (χ1n) is 11.5. The average Bonchev–Trinajstić information content (AvgIpc) is 2.65. The normalized spacial score (nSPS) is 15.0. The summed E-state index contributed by atoms with van der Waals surface area (Å²) in [7, 11) is 0. The van der Waals surface area contributed by atoms with Crippen LogP contribution in [0.1, 0.15) is 99.8 Å². The SMILES string of the molecule is CC(=O)OCC=C(C)CCC=C(C)CCC(O)C(C)CCC=C(C)CCC=C(C)C. The second-order valence-electron chi connectivity index (χ2n) is 8.97. The summed E-state index contributed by atoms with van der Waals surface area (Å²) in [6.07, 6.45) is 16.7. The quantitative estimate of drug-likeness (QED) is 0.221. The third-order valence-electron chi connectivity index (χ3n) is 5.45. The van der Waals surface area contributed by atoms with Crippen LogP contribution in [0, 0.1) is 5.92 Å². The van der Waals surface area contributed by atoms with Crippen molar-refractivity contribution >= 4 is 5.97 Å². The van der Waals surface area contributed by atoms with E-state index in [1.165, 1.54) is 29.2 Å². The van der Waals surface area contributed by atoms with Gasteiger partial charge in [0.25, 0.3) is 0 Å². The van der Waals surface area contributed by atoms with E-state index >= 15 is 0 Å². The predicted octanol–water partition coefficient (Wildman–Crippen LogP) is 7.47. The molecule has 172 valence electrons. The lowest BCUT2D eigenvalue weighted by molar-refractivity contribution is -0.139. The molecule has 0 aliphatic rings. The fourth-order valence-corrected chi connectivity index (χ4v) is 3.19. The Balaban J connectivity index is 4.11. The van der Waals surface area contributed by atoms with Gasteiger partial charge in [0.2, 0.25) is 0 Å². The molecule has 0 aliphatic carbocycles. The van der Waals surface area contributed by atoms with E-state index in [1.807, 2.05) is 6.08 Å². The molecule has 0 saturated carbocycles. The van der Waals surface area contributed by atoms with E-state index in [0.717, 1.165) is 51.4 Å². The maximum atomic E-state index is 10.8. The third-order valence-corrected chi connectivity index (χ3v) is 5.45. The standard InChI is InChI=1S/C27H46O3/c1-21(2)11-8-12-22(3)15-10-16-25(6)27(29)18-17-23(4)13-9-14-24(5)19-20-30-26(7)28/h11,13,15,19,25,27,29H,8-10,12,14,16-18,20H2,1-7H3. The molecule has 1 N–H and O–H groups in total. The molecule has 0 aromatic carbocycles. The minimum Gasteiger partial charge on any atom is -0.462 e. The Morgan fingerprint density at radius 3 is 1.90 bits per heavy atom. The first kappa shape index (κ1) is 28.4. The molecular formula is C27H46O3. The zero-order chi connectivity index (χ0) is 22.9. The second-order valence-corrected chi connectivity index (χ2v) is 8.97.